The van der Waals surface area contributed by atoms with Crippen molar-refractivity contribution in [3.05, 3.63) is 29.8 Å². The van der Waals surface area contributed by atoms with E-state index in [1.807, 2.05) is 30.5 Å². The van der Waals surface area contributed by atoms with Gasteiger partial charge in [0.25, 0.3) is 0 Å². The van der Waals surface area contributed by atoms with Gasteiger partial charge < -0.3 is 4.74 Å². The predicted molar refractivity (Wildman–Crippen MR) is 68.2 cm³/mol. The molecule has 1 rings (SSSR count). The second-order valence-corrected chi connectivity index (χ2v) is 4.61. The largest absolute Gasteiger partial charge is 0.465 e. The van der Waals surface area contributed by atoms with Crippen LogP contribution in [0.2, 0.25) is 0 Å². The van der Waals surface area contributed by atoms with Gasteiger partial charge in [0, 0.05) is 11.3 Å². The van der Waals surface area contributed by atoms with E-state index in [4.69, 9.17) is 16.3 Å². The molecule has 88 valence electrons. The maximum atomic E-state index is 11.4. The van der Waals surface area contributed by atoms with Crippen LogP contribution < -0.4 is 0 Å². The molecule has 2 nitrogen and oxygen atoms in total. The molecule has 0 saturated carbocycles. The molecule has 0 N–H and O–H groups in total. The minimum atomic E-state index is -0.603. The molecule has 4 heteroatoms. The first kappa shape index (κ1) is 13.4. The molecular formula is C12H15ClO2S. The second kappa shape index (κ2) is 6.81. The number of carbonyl (C=O) groups is 1. The number of hydrogen-bond acceptors (Lipinski definition) is 3. The fraction of sp³-hybridized carbons (Fsp3) is 0.417. The molecule has 0 aliphatic heterocycles. The second-order valence-electron chi connectivity index (χ2n) is 3.24. The summed E-state index contributed by atoms with van der Waals surface area (Å²) in [7, 11) is 0. The summed E-state index contributed by atoms with van der Waals surface area (Å²) in [4.78, 5) is 12.5. The van der Waals surface area contributed by atoms with E-state index in [-0.39, 0.29) is 5.97 Å². The maximum absolute atomic E-state index is 11.4. The van der Waals surface area contributed by atoms with Gasteiger partial charge in [-0.05, 0) is 24.8 Å². The Hall–Kier alpha value is -0.670. The Kier molecular flexibility index (Phi) is 5.71. The number of rotatable bonds is 5. The zero-order valence-electron chi connectivity index (χ0n) is 9.40. The Morgan fingerprint density at radius 2 is 2.19 bits per heavy atom. The van der Waals surface area contributed by atoms with Crippen LogP contribution in [-0.4, -0.2) is 24.2 Å². The van der Waals surface area contributed by atoms with Gasteiger partial charge in [-0.3, -0.25) is 4.79 Å². The van der Waals surface area contributed by atoms with Gasteiger partial charge in [-0.15, -0.1) is 23.4 Å². The Morgan fingerprint density at radius 3 is 2.81 bits per heavy atom. The molecule has 0 spiro atoms. The minimum Gasteiger partial charge on any atom is -0.465 e. The van der Waals surface area contributed by atoms with Crippen LogP contribution in [0, 0.1) is 0 Å². The van der Waals surface area contributed by atoms with Gasteiger partial charge in [-0.1, -0.05) is 18.2 Å². The van der Waals surface area contributed by atoms with Crippen LogP contribution in [0.25, 0.3) is 0 Å². The zero-order valence-corrected chi connectivity index (χ0v) is 11.0. The quantitative estimate of drug-likeness (QED) is 0.461. The van der Waals surface area contributed by atoms with Crippen molar-refractivity contribution in [3.8, 4) is 0 Å². The lowest BCUT2D eigenvalue weighted by Crippen LogP contribution is -2.20. The van der Waals surface area contributed by atoms with Gasteiger partial charge in [-0.25, -0.2) is 0 Å². The van der Waals surface area contributed by atoms with Crippen molar-refractivity contribution < 1.29 is 9.53 Å². The van der Waals surface area contributed by atoms with E-state index in [9.17, 15) is 4.79 Å². The van der Waals surface area contributed by atoms with Crippen molar-refractivity contribution in [1.29, 1.82) is 0 Å². The fourth-order valence-corrected chi connectivity index (χ4v) is 2.24. The van der Waals surface area contributed by atoms with Crippen LogP contribution in [-0.2, 0) is 16.0 Å². The van der Waals surface area contributed by atoms with Gasteiger partial charge >= 0.3 is 5.97 Å². The summed E-state index contributed by atoms with van der Waals surface area (Å²) in [5.74, 6) is -0.347. The summed E-state index contributed by atoms with van der Waals surface area (Å²) in [5, 5.41) is -0.603. The minimum absolute atomic E-state index is 0.347. The number of benzene rings is 1. The summed E-state index contributed by atoms with van der Waals surface area (Å²) in [5.41, 5.74) is 1.09. The van der Waals surface area contributed by atoms with Gasteiger partial charge in [-0.2, -0.15) is 0 Å². The molecular weight excluding hydrogens is 244 g/mol. The number of hydrogen-bond donors (Lipinski definition) is 0. The predicted octanol–water partition coefficient (Wildman–Crippen LogP) is 3.12. The molecule has 0 saturated heterocycles. The molecule has 0 fully saturated rings. The smallest absolute Gasteiger partial charge is 0.324 e. The number of carbonyl (C=O) groups excluding carboxylic acids is 1. The molecule has 0 aliphatic rings. The number of ether oxygens (including phenoxy) is 1. The third-order valence-electron chi connectivity index (χ3n) is 2.13. The van der Waals surface area contributed by atoms with E-state index in [0.29, 0.717) is 13.0 Å². The normalized spacial score (nSPS) is 12.2. The summed E-state index contributed by atoms with van der Waals surface area (Å²) >= 11 is 7.64. The first-order valence-electron chi connectivity index (χ1n) is 5.11. The third kappa shape index (κ3) is 3.72. The summed E-state index contributed by atoms with van der Waals surface area (Å²) < 4.78 is 4.87. The monoisotopic (exact) mass is 258 g/mol. The molecule has 0 amide bonds. The average Bonchev–Trinajstić information content (AvgIpc) is 2.30. The standard InChI is InChI=1S/C12H15ClO2S/c1-3-15-12(14)10(13)8-9-6-4-5-7-11(9)16-2/h4-7,10H,3,8H2,1-2H3. The molecule has 1 aromatic rings. The summed E-state index contributed by atoms with van der Waals surface area (Å²) in [6.07, 6.45) is 2.52. The van der Waals surface area contributed by atoms with Crippen LogP contribution in [0.5, 0.6) is 0 Å². The zero-order chi connectivity index (χ0) is 12.0. The van der Waals surface area contributed by atoms with Crippen molar-refractivity contribution in [2.45, 2.75) is 23.6 Å². The summed E-state index contributed by atoms with van der Waals surface area (Å²) in [6, 6.07) is 7.93. The number of halogens is 1. The first-order valence-corrected chi connectivity index (χ1v) is 6.77. The SMILES string of the molecule is CCOC(=O)C(Cl)Cc1ccccc1SC. The third-order valence-corrected chi connectivity index (χ3v) is 3.30. The molecule has 1 unspecified atom stereocenters. The lowest BCUT2D eigenvalue weighted by molar-refractivity contribution is -0.142. The lowest BCUT2D eigenvalue weighted by Gasteiger charge is -2.11. The van der Waals surface area contributed by atoms with Crippen molar-refractivity contribution in [2.24, 2.45) is 0 Å². The van der Waals surface area contributed by atoms with Gasteiger partial charge in [0.05, 0.1) is 6.61 Å². The number of thioether (sulfide) groups is 1. The number of esters is 1. The molecule has 0 aromatic heterocycles. The highest BCUT2D eigenvalue weighted by Gasteiger charge is 2.18. The van der Waals surface area contributed by atoms with Gasteiger partial charge in [0.2, 0.25) is 0 Å². The Morgan fingerprint density at radius 1 is 1.50 bits per heavy atom. The highest BCUT2D eigenvalue weighted by Crippen LogP contribution is 2.22. The van der Waals surface area contributed by atoms with Gasteiger partial charge in [0.1, 0.15) is 5.38 Å². The van der Waals surface area contributed by atoms with Crippen molar-refractivity contribution in [1.82, 2.24) is 0 Å². The van der Waals surface area contributed by atoms with Crippen LogP contribution in [0.1, 0.15) is 12.5 Å². The van der Waals surface area contributed by atoms with E-state index in [2.05, 4.69) is 0 Å². The summed E-state index contributed by atoms with van der Waals surface area (Å²) in [6.45, 7) is 2.14. The fourth-order valence-electron chi connectivity index (χ4n) is 1.38. The Labute approximate surface area is 105 Å². The molecule has 1 atom stereocenters. The van der Waals surface area contributed by atoms with Crippen LogP contribution >= 0.6 is 23.4 Å². The van der Waals surface area contributed by atoms with Crippen molar-refractivity contribution in [3.63, 3.8) is 0 Å². The molecule has 0 bridgehead atoms. The Bertz CT molecular complexity index is 355. The van der Waals surface area contributed by atoms with Crippen molar-refractivity contribution in [2.75, 3.05) is 12.9 Å². The lowest BCUT2D eigenvalue weighted by atomic mass is 10.1. The van der Waals surface area contributed by atoms with Crippen LogP contribution in [0.4, 0.5) is 0 Å². The van der Waals surface area contributed by atoms with E-state index < -0.39 is 5.38 Å². The highest BCUT2D eigenvalue weighted by molar-refractivity contribution is 7.98. The van der Waals surface area contributed by atoms with Gasteiger partial charge in [0.15, 0.2) is 0 Å². The number of alkyl halides is 1. The van der Waals surface area contributed by atoms with E-state index in [1.165, 1.54) is 0 Å². The van der Waals surface area contributed by atoms with Crippen LogP contribution in [0.15, 0.2) is 29.2 Å². The van der Waals surface area contributed by atoms with Crippen LogP contribution in [0.3, 0.4) is 0 Å². The molecule has 1 aromatic carbocycles. The van der Waals surface area contributed by atoms with E-state index in [0.717, 1.165) is 10.5 Å². The highest BCUT2D eigenvalue weighted by atomic mass is 35.5. The average molecular weight is 259 g/mol. The topological polar surface area (TPSA) is 26.3 Å². The maximum Gasteiger partial charge on any atom is 0.324 e. The first-order chi connectivity index (χ1) is 7.69. The molecule has 0 aliphatic carbocycles. The van der Waals surface area contributed by atoms with E-state index in [1.54, 1.807) is 18.7 Å². The molecule has 16 heavy (non-hydrogen) atoms. The van der Waals surface area contributed by atoms with Crippen molar-refractivity contribution >= 4 is 29.3 Å². The molecule has 0 heterocycles. The molecule has 0 radical (unpaired) electrons. The Balaban J connectivity index is 2.68. The van der Waals surface area contributed by atoms with E-state index >= 15 is 0 Å².